The van der Waals surface area contributed by atoms with Gasteiger partial charge < -0.3 is 5.73 Å². The molecule has 1 aromatic heterocycles. The van der Waals surface area contributed by atoms with Gasteiger partial charge in [-0.05, 0) is 18.1 Å². The standard InChI is InChI=1S/C15H22N4/c16-8-12-18(13-14-19-10-4-9-17-19)11-7-15-5-2-1-3-6-15/h1-6,9-10H,7-8,11-14,16H2. The van der Waals surface area contributed by atoms with Gasteiger partial charge in [0.2, 0.25) is 0 Å². The fourth-order valence-corrected chi connectivity index (χ4v) is 2.13. The first-order valence-corrected chi connectivity index (χ1v) is 6.82. The Bertz CT molecular complexity index is 438. The summed E-state index contributed by atoms with van der Waals surface area (Å²) >= 11 is 0. The highest BCUT2D eigenvalue weighted by molar-refractivity contribution is 5.14. The minimum atomic E-state index is 0.702. The van der Waals surface area contributed by atoms with Gasteiger partial charge in [0.05, 0.1) is 6.54 Å². The number of hydrogen-bond acceptors (Lipinski definition) is 3. The van der Waals surface area contributed by atoms with Gasteiger partial charge in [0, 0.05) is 38.6 Å². The third-order valence-corrected chi connectivity index (χ3v) is 3.21. The summed E-state index contributed by atoms with van der Waals surface area (Å²) in [6.07, 6.45) is 4.88. The van der Waals surface area contributed by atoms with Gasteiger partial charge >= 0.3 is 0 Å². The number of nitrogens with two attached hydrogens (primary N) is 1. The van der Waals surface area contributed by atoms with E-state index in [1.165, 1.54) is 5.56 Å². The van der Waals surface area contributed by atoms with Crippen molar-refractivity contribution in [2.24, 2.45) is 5.73 Å². The minimum absolute atomic E-state index is 0.702. The second-order valence-corrected chi connectivity index (χ2v) is 4.64. The Kier molecular flexibility index (Phi) is 5.59. The lowest BCUT2D eigenvalue weighted by molar-refractivity contribution is 0.268. The van der Waals surface area contributed by atoms with E-state index in [0.717, 1.165) is 32.6 Å². The number of benzene rings is 1. The molecule has 1 aromatic carbocycles. The van der Waals surface area contributed by atoms with E-state index in [4.69, 9.17) is 5.73 Å². The van der Waals surface area contributed by atoms with Crippen molar-refractivity contribution in [2.75, 3.05) is 26.2 Å². The maximum atomic E-state index is 5.68. The molecule has 4 nitrogen and oxygen atoms in total. The molecule has 0 saturated heterocycles. The molecular weight excluding hydrogens is 236 g/mol. The average molecular weight is 258 g/mol. The van der Waals surface area contributed by atoms with Crippen LogP contribution in [0.5, 0.6) is 0 Å². The van der Waals surface area contributed by atoms with Crippen LogP contribution in [0.3, 0.4) is 0 Å². The lowest BCUT2D eigenvalue weighted by Gasteiger charge is -2.21. The first-order valence-electron chi connectivity index (χ1n) is 6.82. The summed E-state index contributed by atoms with van der Waals surface area (Å²) in [6, 6.07) is 12.5. The van der Waals surface area contributed by atoms with Crippen LogP contribution < -0.4 is 5.73 Å². The molecule has 19 heavy (non-hydrogen) atoms. The number of nitrogens with zero attached hydrogens (tertiary/aromatic N) is 3. The molecule has 1 heterocycles. The van der Waals surface area contributed by atoms with E-state index in [2.05, 4.69) is 40.3 Å². The number of rotatable bonds is 8. The van der Waals surface area contributed by atoms with Crippen molar-refractivity contribution in [1.82, 2.24) is 14.7 Å². The summed E-state index contributed by atoms with van der Waals surface area (Å²) in [5, 5.41) is 4.23. The van der Waals surface area contributed by atoms with Gasteiger partial charge in [-0.15, -0.1) is 0 Å². The van der Waals surface area contributed by atoms with E-state index in [-0.39, 0.29) is 0 Å². The third-order valence-electron chi connectivity index (χ3n) is 3.21. The fraction of sp³-hybridized carbons (Fsp3) is 0.400. The summed E-state index contributed by atoms with van der Waals surface area (Å²) in [5.41, 5.74) is 7.06. The van der Waals surface area contributed by atoms with Crippen molar-refractivity contribution in [3.05, 3.63) is 54.4 Å². The van der Waals surface area contributed by atoms with Crippen LogP contribution in [0, 0.1) is 0 Å². The van der Waals surface area contributed by atoms with Crippen LogP contribution in [-0.4, -0.2) is 40.9 Å². The topological polar surface area (TPSA) is 47.1 Å². The normalized spacial score (nSPS) is 11.1. The van der Waals surface area contributed by atoms with Crippen molar-refractivity contribution in [3.8, 4) is 0 Å². The highest BCUT2D eigenvalue weighted by Crippen LogP contribution is 2.01. The van der Waals surface area contributed by atoms with Crippen LogP contribution in [0.2, 0.25) is 0 Å². The Hall–Kier alpha value is -1.65. The molecule has 0 saturated carbocycles. The molecule has 0 fully saturated rings. The molecule has 0 aliphatic rings. The molecule has 0 atom stereocenters. The lowest BCUT2D eigenvalue weighted by Crippen LogP contribution is -2.34. The van der Waals surface area contributed by atoms with Crippen LogP contribution in [0.1, 0.15) is 5.56 Å². The zero-order valence-corrected chi connectivity index (χ0v) is 11.3. The minimum Gasteiger partial charge on any atom is -0.329 e. The molecule has 0 aliphatic carbocycles. The highest BCUT2D eigenvalue weighted by Gasteiger charge is 2.04. The lowest BCUT2D eigenvalue weighted by atomic mass is 10.1. The van der Waals surface area contributed by atoms with Gasteiger partial charge in [-0.25, -0.2) is 0 Å². The maximum Gasteiger partial charge on any atom is 0.0536 e. The molecule has 2 N–H and O–H groups in total. The number of hydrogen-bond donors (Lipinski definition) is 1. The third kappa shape index (κ3) is 4.85. The van der Waals surface area contributed by atoms with Crippen molar-refractivity contribution in [2.45, 2.75) is 13.0 Å². The highest BCUT2D eigenvalue weighted by atomic mass is 15.3. The van der Waals surface area contributed by atoms with E-state index in [0.29, 0.717) is 6.54 Å². The van der Waals surface area contributed by atoms with Gasteiger partial charge in [-0.2, -0.15) is 5.10 Å². The molecule has 2 rings (SSSR count). The molecule has 0 amide bonds. The van der Waals surface area contributed by atoms with Crippen LogP contribution in [0.4, 0.5) is 0 Å². The molecule has 0 aliphatic heterocycles. The van der Waals surface area contributed by atoms with E-state index in [9.17, 15) is 0 Å². The van der Waals surface area contributed by atoms with Crippen LogP contribution >= 0.6 is 0 Å². The van der Waals surface area contributed by atoms with Crippen LogP contribution in [0.25, 0.3) is 0 Å². The largest absolute Gasteiger partial charge is 0.329 e. The van der Waals surface area contributed by atoms with E-state index >= 15 is 0 Å². The Morgan fingerprint density at radius 2 is 1.89 bits per heavy atom. The molecule has 102 valence electrons. The summed E-state index contributed by atoms with van der Waals surface area (Å²) in [6.45, 7) is 4.60. The van der Waals surface area contributed by atoms with Crippen molar-refractivity contribution < 1.29 is 0 Å². The molecular formula is C15H22N4. The van der Waals surface area contributed by atoms with Crippen molar-refractivity contribution in [1.29, 1.82) is 0 Å². The molecule has 0 bridgehead atoms. The summed E-state index contributed by atoms with van der Waals surface area (Å²) in [4.78, 5) is 2.40. The molecule has 2 aromatic rings. The quantitative estimate of drug-likeness (QED) is 0.778. The monoisotopic (exact) mass is 258 g/mol. The van der Waals surface area contributed by atoms with Gasteiger partial charge in [-0.3, -0.25) is 9.58 Å². The molecule has 0 unspecified atom stereocenters. The van der Waals surface area contributed by atoms with Gasteiger partial charge in [0.15, 0.2) is 0 Å². The summed E-state index contributed by atoms with van der Waals surface area (Å²) in [5.74, 6) is 0. The Labute approximate surface area is 114 Å². The first-order chi connectivity index (χ1) is 9.38. The molecule has 4 heteroatoms. The van der Waals surface area contributed by atoms with Crippen molar-refractivity contribution in [3.63, 3.8) is 0 Å². The zero-order chi connectivity index (χ0) is 13.3. The Balaban J connectivity index is 1.78. The van der Waals surface area contributed by atoms with E-state index in [1.807, 2.05) is 23.1 Å². The maximum absolute atomic E-state index is 5.68. The van der Waals surface area contributed by atoms with Crippen LogP contribution in [-0.2, 0) is 13.0 Å². The Morgan fingerprint density at radius 1 is 1.05 bits per heavy atom. The average Bonchev–Trinajstić information content (AvgIpc) is 2.96. The van der Waals surface area contributed by atoms with E-state index in [1.54, 1.807) is 0 Å². The molecule has 0 spiro atoms. The second-order valence-electron chi connectivity index (χ2n) is 4.64. The molecule has 0 radical (unpaired) electrons. The van der Waals surface area contributed by atoms with Gasteiger partial charge in [-0.1, -0.05) is 30.3 Å². The second kappa shape index (κ2) is 7.71. The van der Waals surface area contributed by atoms with Crippen LogP contribution in [0.15, 0.2) is 48.8 Å². The predicted octanol–water partition coefficient (Wildman–Crippen LogP) is 1.39. The predicted molar refractivity (Wildman–Crippen MR) is 77.9 cm³/mol. The smallest absolute Gasteiger partial charge is 0.0536 e. The van der Waals surface area contributed by atoms with E-state index < -0.39 is 0 Å². The summed E-state index contributed by atoms with van der Waals surface area (Å²) < 4.78 is 1.96. The SMILES string of the molecule is NCCN(CCc1ccccc1)CCn1cccn1. The number of aromatic nitrogens is 2. The fourth-order valence-electron chi connectivity index (χ4n) is 2.13. The first kappa shape index (κ1) is 13.8. The van der Waals surface area contributed by atoms with Gasteiger partial charge in [0.25, 0.3) is 0 Å². The summed E-state index contributed by atoms with van der Waals surface area (Å²) in [7, 11) is 0. The van der Waals surface area contributed by atoms with Crippen molar-refractivity contribution >= 4 is 0 Å². The Morgan fingerprint density at radius 3 is 2.58 bits per heavy atom. The zero-order valence-electron chi connectivity index (χ0n) is 11.3. The van der Waals surface area contributed by atoms with Gasteiger partial charge in [0.1, 0.15) is 0 Å².